The molecule has 1 aromatic heterocycles. The van der Waals surface area contributed by atoms with Crippen molar-refractivity contribution >= 4 is 23.5 Å². The fourth-order valence-electron chi connectivity index (χ4n) is 2.39. The molecular weight excluding hydrogens is 416 g/mol. The van der Waals surface area contributed by atoms with E-state index in [1.54, 1.807) is 19.9 Å². The van der Waals surface area contributed by atoms with E-state index < -0.39 is 22.8 Å². The molecule has 168 valence electrons. The molecule has 0 amide bonds. The summed E-state index contributed by atoms with van der Waals surface area (Å²) in [4.78, 5) is 29.3. The Hall–Kier alpha value is -2.43. The van der Waals surface area contributed by atoms with E-state index in [1.165, 1.54) is 6.07 Å². The SMILES string of the molecule is CCOC1(Cl)NC(C(=O)O)=CC(C)(C)N1.Cc1cc(C(=O)O)nc(OCC(C)C)n1. The van der Waals surface area contributed by atoms with Gasteiger partial charge in [0, 0.05) is 17.8 Å². The van der Waals surface area contributed by atoms with Gasteiger partial charge in [0.05, 0.1) is 6.61 Å². The summed E-state index contributed by atoms with van der Waals surface area (Å²) in [6.07, 6.45) is 1.55. The lowest BCUT2D eigenvalue weighted by Crippen LogP contribution is -2.64. The van der Waals surface area contributed by atoms with E-state index in [-0.39, 0.29) is 17.4 Å². The number of carbonyl (C=O) groups is 2. The average Bonchev–Trinajstić information content (AvgIpc) is 2.58. The fraction of sp³-hybridized carbons (Fsp3) is 0.579. The Morgan fingerprint density at radius 3 is 2.37 bits per heavy atom. The van der Waals surface area contributed by atoms with Crippen molar-refractivity contribution in [2.24, 2.45) is 5.92 Å². The number of hydrogen-bond donors (Lipinski definition) is 4. The number of hydrogen-bond acceptors (Lipinski definition) is 8. The van der Waals surface area contributed by atoms with Crippen LogP contribution < -0.4 is 15.4 Å². The second-order valence-electron chi connectivity index (χ2n) is 7.55. The van der Waals surface area contributed by atoms with Gasteiger partial charge >= 0.3 is 17.9 Å². The summed E-state index contributed by atoms with van der Waals surface area (Å²) in [5.74, 6) is -1.79. The summed E-state index contributed by atoms with van der Waals surface area (Å²) in [5, 5.41) is 21.8. The molecule has 2 rings (SSSR count). The van der Waals surface area contributed by atoms with E-state index in [1.807, 2.05) is 27.7 Å². The molecule has 10 nitrogen and oxygen atoms in total. The highest BCUT2D eigenvalue weighted by Crippen LogP contribution is 2.23. The summed E-state index contributed by atoms with van der Waals surface area (Å²) < 4.78 is 10.5. The van der Waals surface area contributed by atoms with Gasteiger partial charge in [0.15, 0.2) is 5.69 Å². The number of rotatable bonds is 7. The van der Waals surface area contributed by atoms with Crippen molar-refractivity contribution in [3.8, 4) is 6.01 Å². The zero-order valence-corrected chi connectivity index (χ0v) is 18.7. The Morgan fingerprint density at radius 1 is 1.23 bits per heavy atom. The highest BCUT2D eigenvalue weighted by Gasteiger charge is 2.40. The van der Waals surface area contributed by atoms with Crippen LogP contribution in [0.15, 0.2) is 17.8 Å². The smallest absolute Gasteiger partial charge is 0.354 e. The lowest BCUT2D eigenvalue weighted by atomic mass is 10.0. The van der Waals surface area contributed by atoms with Crippen molar-refractivity contribution in [3.05, 3.63) is 29.2 Å². The molecule has 0 bridgehead atoms. The zero-order valence-electron chi connectivity index (χ0n) is 17.9. The molecule has 1 aromatic rings. The lowest BCUT2D eigenvalue weighted by Gasteiger charge is -2.40. The molecule has 1 aliphatic rings. The molecule has 0 fully saturated rings. The summed E-state index contributed by atoms with van der Waals surface area (Å²) in [5.41, 5.74) is 0.0280. The third-order valence-corrected chi connectivity index (χ3v) is 3.75. The quantitative estimate of drug-likeness (QED) is 0.365. The van der Waals surface area contributed by atoms with Crippen LogP contribution in [0.4, 0.5) is 0 Å². The van der Waals surface area contributed by atoms with Crippen LogP contribution in [-0.2, 0) is 9.53 Å². The molecule has 0 spiro atoms. The molecule has 0 saturated carbocycles. The number of carboxylic acid groups (broad SMARTS) is 2. The number of aryl methyl sites for hydroxylation is 1. The fourth-order valence-corrected chi connectivity index (χ4v) is 2.85. The molecule has 30 heavy (non-hydrogen) atoms. The second kappa shape index (κ2) is 10.6. The molecule has 0 saturated heterocycles. The number of aromatic nitrogens is 2. The van der Waals surface area contributed by atoms with Gasteiger partial charge in [0.2, 0.25) is 0 Å². The number of aromatic carboxylic acids is 1. The van der Waals surface area contributed by atoms with Gasteiger partial charge in [-0.2, -0.15) is 4.98 Å². The molecule has 1 unspecified atom stereocenters. The minimum atomic E-state index is -1.36. The number of nitrogens with zero attached hydrogens (tertiary/aromatic N) is 2. The second-order valence-corrected chi connectivity index (χ2v) is 8.08. The molecule has 4 N–H and O–H groups in total. The number of nitrogens with one attached hydrogen (secondary N) is 2. The van der Waals surface area contributed by atoms with Crippen molar-refractivity contribution in [2.75, 3.05) is 13.2 Å². The van der Waals surface area contributed by atoms with Gasteiger partial charge in [-0.05, 0) is 57.4 Å². The molecule has 2 heterocycles. The number of alkyl halides is 1. The number of halogens is 1. The first kappa shape index (κ1) is 25.6. The van der Waals surface area contributed by atoms with Crippen LogP contribution in [0.2, 0.25) is 0 Å². The molecule has 1 atom stereocenters. The van der Waals surface area contributed by atoms with Crippen molar-refractivity contribution in [1.29, 1.82) is 0 Å². The third-order valence-electron chi connectivity index (χ3n) is 3.46. The van der Waals surface area contributed by atoms with E-state index in [4.69, 9.17) is 31.3 Å². The van der Waals surface area contributed by atoms with Gasteiger partial charge < -0.3 is 25.0 Å². The van der Waals surface area contributed by atoms with Crippen LogP contribution in [-0.4, -0.2) is 56.2 Å². The molecule has 0 radical (unpaired) electrons. The van der Waals surface area contributed by atoms with Gasteiger partial charge in [0.1, 0.15) is 5.70 Å². The highest BCUT2D eigenvalue weighted by molar-refractivity contribution is 6.22. The maximum atomic E-state index is 10.9. The first-order valence-electron chi connectivity index (χ1n) is 9.35. The minimum absolute atomic E-state index is 0.0298. The van der Waals surface area contributed by atoms with E-state index in [0.717, 1.165) is 0 Å². The van der Waals surface area contributed by atoms with Gasteiger partial charge in [-0.1, -0.05) is 13.8 Å². The maximum absolute atomic E-state index is 10.9. The van der Waals surface area contributed by atoms with E-state index >= 15 is 0 Å². The molecule has 1 aliphatic heterocycles. The van der Waals surface area contributed by atoms with Gasteiger partial charge in [-0.25, -0.2) is 19.9 Å². The largest absolute Gasteiger partial charge is 0.477 e. The van der Waals surface area contributed by atoms with Crippen LogP contribution in [0, 0.1) is 12.8 Å². The summed E-state index contributed by atoms with van der Waals surface area (Å²) in [6.45, 7) is 11.9. The average molecular weight is 445 g/mol. The van der Waals surface area contributed by atoms with Crippen molar-refractivity contribution in [1.82, 2.24) is 20.6 Å². The minimum Gasteiger partial charge on any atom is -0.477 e. The summed E-state index contributed by atoms with van der Waals surface area (Å²) in [7, 11) is 0. The number of ether oxygens (including phenoxy) is 2. The Kier molecular flexibility index (Phi) is 9.01. The Balaban J connectivity index is 0.000000300. The van der Waals surface area contributed by atoms with Crippen molar-refractivity contribution in [2.45, 2.75) is 52.4 Å². The van der Waals surface area contributed by atoms with E-state index in [9.17, 15) is 9.59 Å². The molecule has 11 heteroatoms. The van der Waals surface area contributed by atoms with Gasteiger partial charge in [-0.15, -0.1) is 0 Å². The standard InChI is InChI=1S/C10H14N2O3.C9H15ClN2O3/c1-6(2)5-15-10-11-7(3)4-8(12-10)9(13)14;1-4-15-9(10)11-6(7(13)14)5-8(2,3)12-9/h4,6H,5H2,1-3H3,(H,13,14);5,11-12H,4H2,1-3H3,(H,13,14). The predicted molar refractivity (Wildman–Crippen MR) is 110 cm³/mol. The third kappa shape index (κ3) is 8.52. The first-order valence-corrected chi connectivity index (χ1v) is 9.73. The Bertz CT molecular complexity index is 799. The molecular formula is C19H29ClN4O6. The van der Waals surface area contributed by atoms with E-state index in [2.05, 4.69) is 20.6 Å². The predicted octanol–water partition coefficient (Wildman–Crippen LogP) is 2.33. The van der Waals surface area contributed by atoms with Crippen LogP contribution in [0.1, 0.15) is 50.8 Å². The molecule has 0 aromatic carbocycles. The Morgan fingerprint density at radius 2 is 1.87 bits per heavy atom. The van der Waals surface area contributed by atoms with Crippen LogP contribution >= 0.6 is 11.6 Å². The summed E-state index contributed by atoms with van der Waals surface area (Å²) in [6, 6.07) is 1.53. The van der Waals surface area contributed by atoms with Crippen LogP contribution in [0.25, 0.3) is 0 Å². The van der Waals surface area contributed by atoms with Crippen LogP contribution in [0.3, 0.4) is 0 Å². The Labute approximate surface area is 180 Å². The van der Waals surface area contributed by atoms with Crippen LogP contribution in [0.5, 0.6) is 6.01 Å². The highest BCUT2D eigenvalue weighted by atomic mass is 35.5. The van der Waals surface area contributed by atoms with Crippen molar-refractivity contribution < 1.29 is 29.3 Å². The van der Waals surface area contributed by atoms with Gasteiger partial charge in [0.25, 0.3) is 5.31 Å². The summed E-state index contributed by atoms with van der Waals surface area (Å²) >= 11 is 6.05. The first-order chi connectivity index (χ1) is 13.8. The maximum Gasteiger partial charge on any atom is 0.354 e. The number of aliphatic carboxylic acids is 1. The van der Waals surface area contributed by atoms with Crippen molar-refractivity contribution in [3.63, 3.8) is 0 Å². The normalized spacial score (nSPS) is 19.8. The molecule has 0 aliphatic carbocycles. The van der Waals surface area contributed by atoms with Gasteiger partial charge in [-0.3, -0.25) is 0 Å². The zero-order chi connectivity index (χ0) is 23.1. The van der Waals surface area contributed by atoms with E-state index in [0.29, 0.717) is 24.8 Å². The topological polar surface area (TPSA) is 143 Å². The monoisotopic (exact) mass is 444 g/mol. The lowest BCUT2D eigenvalue weighted by molar-refractivity contribution is -0.135. The number of carboxylic acids is 2.